The fraction of sp³-hybridized carbons (Fsp3) is 0.571. The summed E-state index contributed by atoms with van der Waals surface area (Å²) in [5, 5.41) is 0. The average molecular weight is 219 g/mol. The van der Waals surface area contributed by atoms with Crippen LogP contribution in [0.3, 0.4) is 0 Å². The van der Waals surface area contributed by atoms with Crippen molar-refractivity contribution in [2.24, 2.45) is 11.7 Å². The molecule has 1 heterocycles. The van der Waals surface area contributed by atoms with Crippen molar-refractivity contribution in [1.82, 2.24) is 0 Å². The van der Waals surface area contributed by atoms with E-state index in [-0.39, 0.29) is 0 Å². The van der Waals surface area contributed by atoms with Gasteiger partial charge < -0.3 is 4.48 Å². The minimum absolute atomic E-state index is 0.779. The van der Waals surface area contributed by atoms with Crippen LogP contribution in [0, 0.1) is 5.92 Å². The number of piperidine rings is 1. The van der Waals surface area contributed by atoms with Crippen LogP contribution in [0.25, 0.3) is 0 Å². The minimum Gasteiger partial charge on any atom is -0.308 e. The third kappa shape index (κ3) is 2.63. The number of hydrogen-bond acceptors (Lipinski definition) is 1. The van der Waals surface area contributed by atoms with E-state index in [0.29, 0.717) is 0 Å². The molecule has 2 nitrogen and oxygen atoms in total. The van der Waals surface area contributed by atoms with Crippen LogP contribution in [-0.4, -0.2) is 24.2 Å². The van der Waals surface area contributed by atoms with Crippen molar-refractivity contribution in [3.8, 4) is 0 Å². The standard InChI is InChI=1S/C14H23N2/c1-13-7-9-16(12-15,10-8-13)11-14-5-3-2-4-6-14/h2-6,13H,7-12,15H2,1H3/q+1. The molecular weight excluding hydrogens is 196 g/mol. The molecule has 1 aromatic carbocycles. The fourth-order valence-corrected chi connectivity index (χ4v) is 2.62. The van der Waals surface area contributed by atoms with Crippen molar-refractivity contribution in [2.75, 3.05) is 19.8 Å². The van der Waals surface area contributed by atoms with E-state index < -0.39 is 0 Å². The summed E-state index contributed by atoms with van der Waals surface area (Å²) in [7, 11) is 0. The lowest BCUT2D eigenvalue weighted by atomic mass is 9.96. The van der Waals surface area contributed by atoms with Gasteiger partial charge >= 0.3 is 0 Å². The molecule has 1 aromatic rings. The summed E-state index contributed by atoms with van der Waals surface area (Å²) in [5.74, 6) is 0.883. The highest BCUT2D eigenvalue weighted by Gasteiger charge is 2.31. The van der Waals surface area contributed by atoms with Gasteiger partial charge in [-0.05, 0) is 18.8 Å². The van der Waals surface area contributed by atoms with Gasteiger partial charge in [-0.25, -0.2) is 0 Å². The second kappa shape index (κ2) is 4.98. The van der Waals surface area contributed by atoms with Gasteiger partial charge in [0.2, 0.25) is 0 Å². The quantitative estimate of drug-likeness (QED) is 0.776. The van der Waals surface area contributed by atoms with Crippen LogP contribution >= 0.6 is 0 Å². The third-order valence-electron chi connectivity index (χ3n) is 3.94. The molecule has 1 aliphatic rings. The van der Waals surface area contributed by atoms with Gasteiger partial charge in [0.1, 0.15) is 13.2 Å². The van der Waals surface area contributed by atoms with Crippen LogP contribution in [0.5, 0.6) is 0 Å². The van der Waals surface area contributed by atoms with Crippen molar-refractivity contribution in [3.05, 3.63) is 35.9 Å². The maximum atomic E-state index is 6.00. The lowest BCUT2D eigenvalue weighted by Gasteiger charge is -2.42. The van der Waals surface area contributed by atoms with E-state index in [2.05, 4.69) is 37.3 Å². The molecule has 1 saturated heterocycles. The second-order valence-electron chi connectivity index (χ2n) is 5.30. The van der Waals surface area contributed by atoms with E-state index in [9.17, 15) is 0 Å². The average Bonchev–Trinajstić information content (AvgIpc) is 2.34. The van der Waals surface area contributed by atoms with Gasteiger partial charge in [-0.15, -0.1) is 0 Å². The minimum atomic E-state index is 0.779. The highest BCUT2D eigenvalue weighted by Crippen LogP contribution is 2.24. The van der Waals surface area contributed by atoms with E-state index in [1.54, 1.807) is 0 Å². The van der Waals surface area contributed by atoms with Gasteiger partial charge in [0.15, 0.2) is 0 Å². The lowest BCUT2D eigenvalue weighted by Crippen LogP contribution is -2.55. The van der Waals surface area contributed by atoms with Crippen LogP contribution < -0.4 is 5.73 Å². The first-order valence-corrected chi connectivity index (χ1v) is 6.33. The molecule has 0 unspecified atom stereocenters. The summed E-state index contributed by atoms with van der Waals surface area (Å²) >= 11 is 0. The molecule has 0 radical (unpaired) electrons. The molecule has 0 aromatic heterocycles. The molecule has 16 heavy (non-hydrogen) atoms. The zero-order valence-electron chi connectivity index (χ0n) is 10.2. The molecule has 0 bridgehead atoms. The van der Waals surface area contributed by atoms with Gasteiger partial charge in [0.25, 0.3) is 0 Å². The van der Waals surface area contributed by atoms with Crippen LogP contribution in [0.1, 0.15) is 25.3 Å². The molecule has 88 valence electrons. The largest absolute Gasteiger partial charge is 0.308 e. The topological polar surface area (TPSA) is 26.0 Å². The van der Waals surface area contributed by atoms with E-state index in [1.165, 1.54) is 31.5 Å². The van der Waals surface area contributed by atoms with Crippen LogP contribution in [0.15, 0.2) is 30.3 Å². The normalized spacial score (nSPS) is 30.2. The Bertz CT molecular complexity index is 313. The van der Waals surface area contributed by atoms with Gasteiger partial charge in [0.05, 0.1) is 13.1 Å². The van der Waals surface area contributed by atoms with Crippen molar-refractivity contribution in [3.63, 3.8) is 0 Å². The molecule has 1 fully saturated rings. The van der Waals surface area contributed by atoms with Gasteiger partial charge in [-0.3, -0.25) is 5.73 Å². The van der Waals surface area contributed by atoms with Crippen LogP contribution in [-0.2, 0) is 6.54 Å². The smallest absolute Gasteiger partial charge is 0.130 e. The van der Waals surface area contributed by atoms with Gasteiger partial charge in [-0.1, -0.05) is 37.3 Å². The number of benzene rings is 1. The number of nitrogens with two attached hydrogens (primary N) is 1. The highest BCUT2D eigenvalue weighted by molar-refractivity contribution is 5.13. The van der Waals surface area contributed by atoms with E-state index >= 15 is 0 Å². The summed E-state index contributed by atoms with van der Waals surface area (Å²) in [6, 6.07) is 10.7. The second-order valence-corrected chi connectivity index (χ2v) is 5.30. The van der Waals surface area contributed by atoms with Crippen molar-refractivity contribution in [1.29, 1.82) is 0 Å². The Balaban J connectivity index is 2.05. The Morgan fingerprint density at radius 2 is 1.81 bits per heavy atom. The Morgan fingerprint density at radius 1 is 1.19 bits per heavy atom. The highest BCUT2D eigenvalue weighted by atomic mass is 15.4. The monoisotopic (exact) mass is 219 g/mol. The molecule has 0 spiro atoms. The van der Waals surface area contributed by atoms with Crippen LogP contribution in [0.4, 0.5) is 0 Å². The van der Waals surface area contributed by atoms with Gasteiger partial charge in [-0.2, -0.15) is 0 Å². The summed E-state index contributed by atoms with van der Waals surface area (Å²) in [6.07, 6.45) is 2.65. The fourth-order valence-electron chi connectivity index (χ4n) is 2.62. The number of nitrogens with zero attached hydrogens (tertiary/aromatic N) is 1. The third-order valence-corrected chi connectivity index (χ3v) is 3.94. The SMILES string of the molecule is CC1CC[N+](CN)(Cc2ccccc2)CC1. The van der Waals surface area contributed by atoms with Gasteiger partial charge in [0, 0.05) is 5.56 Å². The zero-order chi connectivity index (χ0) is 11.4. The summed E-state index contributed by atoms with van der Waals surface area (Å²) in [5.41, 5.74) is 7.42. The lowest BCUT2D eigenvalue weighted by molar-refractivity contribution is -0.945. The van der Waals surface area contributed by atoms with E-state index in [0.717, 1.165) is 23.6 Å². The summed E-state index contributed by atoms with van der Waals surface area (Å²) in [4.78, 5) is 0. The molecule has 0 saturated carbocycles. The van der Waals surface area contributed by atoms with Crippen molar-refractivity contribution >= 4 is 0 Å². The van der Waals surface area contributed by atoms with Crippen LogP contribution in [0.2, 0.25) is 0 Å². The molecular formula is C14H23N2+. The number of likely N-dealkylation sites (tertiary alicyclic amines) is 1. The Morgan fingerprint density at radius 3 is 2.38 bits per heavy atom. The maximum absolute atomic E-state index is 6.00. The first kappa shape index (κ1) is 11.6. The maximum Gasteiger partial charge on any atom is 0.130 e. The number of rotatable bonds is 3. The molecule has 2 rings (SSSR count). The molecule has 2 N–H and O–H groups in total. The first-order valence-electron chi connectivity index (χ1n) is 6.33. The molecule has 0 atom stereocenters. The predicted molar refractivity (Wildman–Crippen MR) is 67.6 cm³/mol. The summed E-state index contributed by atoms with van der Waals surface area (Å²) < 4.78 is 1.08. The first-order chi connectivity index (χ1) is 7.74. The molecule has 0 amide bonds. The molecule has 2 heteroatoms. The van der Waals surface area contributed by atoms with Crippen molar-refractivity contribution in [2.45, 2.75) is 26.3 Å². The van der Waals surface area contributed by atoms with E-state index in [4.69, 9.17) is 5.73 Å². The molecule has 0 aliphatic carbocycles. The number of quaternary nitrogens is 1. The van der Waals surface area contributed by atoms with E-state index in [1.807, 2.05) is 0 Å². The summed E-state index contributed by atoms with van der Waals surface area (Å²) in [6.45, 7) is 6.72. The zero-order valence-corrected chi connectivity index (χ0v) is 10.2. The Kier molecular flexibility index (Phi) is 3.62. The predicted octanol–water partition coefficient (Wildman–Crippen LogP) is 2.35. The Hall–Kier alpha value is -0.860. The van der Waals surface area contributed by atoms with Crippen molar-refractivity contribution < 1.29 is 4.48 Å². The molecule has 1 aliphatic heterocycles. The number of hydrogen-bond donors (Lipinski definition) is 1. The Labute approximate surface area is 98.7 Å².